The fourth-order valence-corrected chi connectivity index (χ4v) is 1.48. The number of carbonyl (C=O) groups is 1. The molecule has 1 heterocycles. The Morgan fingerprint density at radius 2 is 2.18 bits per heavy atom. The summed E-state index contributed by atoms with van der Waals surface area (Å²) in [7, 11) is 0. The van der Waals surface area contributed by atoms with E-state index in [0.717, 1.165) is 5.52 Å². The number of nitrogens with one attached hydrogen (secondary N) is 2. The van der Waals surface area contributed by atoms with Gasteiger partial charge in [-0.05, 0) is 26.0 Å². The molecule has 0 saturated carbocycles. The molecule has 0 fully saturated rings. The summed E-state index contributed by atoms with van der Waals surface area (Å²) in [5.41, 5.74) is 1.48. The van der Waals surface area contributed by atoms with Crippen molar-refractivity contribution in [1.29, 1.82) is 0 Å². The summed E-state index contributed by atoms with van der Waals surface area (Å²) in [6.07, 6.45) is 0. The zero-order chi connectivity index (χ0) is 12.3. The second-order valence-corrected chi connectivity index (χ2v) is 4.06. The highest BCUT2D eigenvalue weighted by molar-refractivity contribution is 5.81. The second-order valence-electron chi connectivity index (χ2n) is 4.06. The normalized spacial score (nSPS) is 10.8. The number of hydrogen-bond donors (Lipinski definition) is 2. The molecule has 0 aliphatic rings. The van der Waals surface area contributed by atoms with Crippen molar-refractivity contribution >= 4 is 23.0 Å². The Morgan fingerprint density at radius 3 is 2.88 bits per heavy atom. The summed E-state index contributed by atoms with van der Waals surface area (Å²) in [4.78, 5) is 15.6. The van der Waals surface area contributed by atoms with Crippen LogP contribution in [0, 0.1) is 0 Å². The standard InChI is InChI=1S/C12H15N3O2/c1-8(2)14-11(16)7-13-12-15-9-5-3-4-6-10(9)17-12/h3-6,8H,7H2,1-2H3,(H,13,15)(H,14,16). The van der Waals surface area contributed by atoms with Crippen LogP contribution in [0.5, 0.6) is 0 Å². The van der Waals surface area contributed by atoms with Gasteiger partial charge in [0.1, 0.15) is 5.52 Å². The van der Waals surface area contributed by atoms with Crippen LogP contribution in [0.2, 0.25) is 0 Å². The van der Waals surface area contributed by atoms with Crippen LogP contribution in [0.3, 0.4) is 0 Å². The number of carbonyl (C=O) groups excluding carboxylic acids is 1. The van der Waals surface area contributed by atoms with E-state index in [9.17, 15) is 4.79 Å². The number of amides is 1. The Balaban J connectivity index is 1.97. The molecule has 0 bridgehead atoms. The largest absolute Gasteiger partial charge is 0.424 e. The van der Waals surface area contributed by atoms with E-state index in [1.54, 1.807) is 0 Å². The Labute approximate surface area is 99.2 Å². The van der Waals surface area contributed by atoms with Crippen LogP contribution in [0.25, 0.3) is 11.1 Å². The molecule has 0 atom stereocenters. The molecule has 1 amide bonds. The summed E-state index contributed by atoms with van der Waals surface area (Å²) < 4.78 is 5.42. The average molecular weight is 233 g/mol. The summed E-state index contributed by atoms with van der Waals surface area (Å²) >= 11 is 0. The highest BCUT2D eigenvalue weighted by Gasteiger charge is 2.07. The van der Waals surface area contributed by atoms with Crippen LogP contribution in [0.1, 0.15) is 13.8 Å². The van der Waals surface area contributed by atoms with E-state index < -0.39 is 0 Å². The third-order valence-corrected chi connectivity index (χ3v) is 2.14. The molecule has 0 aliphatic carbocycles. The second kappa shape index (κ2) is 4.86. The van der Waals surface area contributed by atoms with Crippen LogP contribution >= 0.6 is 0 Å². The number of benzene rings is 1. The molecule has 2 aromatic rings. The van der Waals surface area contributed by atoms with E-state index >= 15 is 0 Å². The van der Waals surface area contributed by atoms with Crippen LogP contribution in [0.15, 0.2) is 28.7 Å². The first-order valence-electron chi connectivity index (χ1n) is 5.54. The molecule has 0 saturated heterocycles. The van der Waals surface area contributed by atoms with Gasteiger partial charge in [-0.3, -0.25) is 4.79 Å². The molecule has 5 heteroatoms. The zero-order valence-electron chi connectivity index (χ0n) is 9.86. The van der Waals surface area contributed by atoms with Gasteiger partial charge in [-0.25, -0.2) is 0 Å². The maximum absolute atomic E-state index is 11.4. The Bertz CT molecular complexity index is 486. The van der Waals surface area contributed by atoms with Gasteiger partial charge < -0.3 is 15.1 Å². The first-order chi connectivity index (χ1) is 8.15. The molecule has 1 aromatic heterocycles. The van der Waals surface area contributed by atoms with Gasteiger partial charge >= 0.3 is 0 Å². The van der Waals surface area contributed by atoms with Gasteiger partial charge in [0.2, 0.25) is 5.91 Å². The van der Waals surface area contributed by atoms with E-state index in [1.807, 2.05) is 38.1 Å². The molecule has 0 aliphatic heterocycles. The highest BCUT2D eigenvalue weighted by atomic mass is 16.4. The molecular formula is C12H15N3O2. The molecular weight excluding hydrogens is 218 g/mol. The molecule has 2 rings (SSSR count). The van der Waals surface area contributed by atoms with Gasteiger partial charge in [0.15, 0.2) is 5.58 Å². The monoisotopic (exact) mass is 233 g/mol. The smallest absolute Gasteiger partial charge is 0.296 e. The maximum Gasteiger partial charge on any atom is 0.296 e. The van der Waals surface area contributed by atoms with Crippen molar-refractivity contribution in [3.63, 3.8) is 0 Å². The third-order valence-electron chi connectivity index (χ3n) is 2.14. The van der Waals surface area contributed by atoms with Gasteiger partial charge in [-0.2, -0.15) is 4.98 Å². The molecule has 2 N–H and O–H groups in total. The van der Waals surface area contributed by atoms with Gasteiger partial charge in [-0.15, -0.1) is 0 Å². The van der Waals surface area contributed by atoms with Crippen LogP contribution in [-0.2, 0) is 4.79 Å². The lowest BCUT2D eigenvalue weighted by Crippen LogP contribution is -2.34. The van der Waals surface area contributed by atoms with Gasteiger partial charge in [0, 0.05) is 6.04 Å². The molecule has 0 unspecified atom stereocenters. The molecule has 5 nitrogen and oxygen atoms in total. The number of fused-ring (bicyclic) bond motifs is 1. The fourth-order valence-electron chi connectivity index (χ4n) is 1.48. The van der Waals surface area contributed by atoms with Crippen molar-refractivity contribution in [3.8, 4) is 0 Å². The van der Waals surface area contributed by atoms with Crippen molar-refractivity contribution in [2.24, 2.45) is 0 Å². The van der Waals surface area contributed by atoms with Crippen molar-refractivity contribution in [3.05, 3.63) is 24.3 Å². The van der Waals surface area contributed by atoms with Gasteiger partial charge in [0.05, 0.1) is 6.54 Å². The van der Waals surface area contributed by atoms with E-state index in [4.69, 9.17) is 4.42 Å². The molecule has 1 aromatic carbocycles. The van der Waals surface area contributed by atoms with Crippen molar-refractivity contribution in [2.45, 2.75) is 19.9 Å². The Hall–Kier alpha value is -2.04. The zero-order valence-corrected chi connectivity index (χ0v) is 9.86. The molecule has 17 heavy (non-hydrogen) atoms. The highest BCUT2D eigenvalue weighted by Crippen LogP contribution is 2.17. The lowest BCUT2D eigenvalue weighted by atomic mass is 10.3. The Morgan fingerprint density at radius 1 is 1.41 bits per heavy atom. The first kappa shape index (κ1) is 11.4. The summed E-state index contributed by atoms with van der Waals surface area (Å²) in [5, 5.41) is 5.63. The van der Waals surface area contributed by atoms with Crippen molar-refractivity contribution in [1.82, 2.24) is 10.3 Å². The van der Waals surface area contributed by atoms with E-state index in [1.165, 1.54) is 0 Å². The first-order valence-corrected chi connectivity index (χ1v) is 5.54. The predicted octanol–water partition coefficient (Wildman–Crippen LogP) is 1.76. The van der Waals surface area contributed by atoms with E-state index in [-0.39, 0.29) is 18.5 Å². The number of hydrogen-bond acceptors (Lipinski definition) is 4. The van der Waals surface area contributed by atoms with Crippen molar-refractivity contribution in [2.75, 3.05) is 11.9 Å². The number of para-hydroxylation sites is 2. The minimum atomic E-state index is -0.0812. The maximum atomic E-state index is 11.4. The van der Waals surface area contributed by atoms with Crippen LogP contribution in [0.4, 0.5) is 6.01 Å². The summed E-state index contributed by atoms with van der Waals surface area (Å²) in [5.74, 6) is -0.0812. The number of rotatable bonds is 4. The van der Waals surface area contributed by atoms with Crippen molar-refractivity contribution < 1.29 is 9.21 Å². The van der Waals surface area contributed by atoms with E-state index in [0.29, 0.717) is 11.6 Å². The quantitative estimate of drug-likeness (QED) is 0.844. The number of aromatic nitrogens is 1. The summed E-state index contributed by atoms with van der Waals surface area (Å²) in [6.45, 7) is 3.99. The van der Waals surface area contributed by atoms with Gasteiger partial charge in [0.25, 0.3) is 6.01 Å². The van der Waals surface area contributed by atoms with E-state index in [2.05, 4.69) is 15.6 Å². The van der Waals surface area contributed by atoms with Crippen LogP contribution < -0.4 is 10.6 Å². The molecule has 0 spiro atoms. The minimum Gasteiger partial charge on any atom is -0.424 e. The molecule has 0 radical (unpaired) electrons. The topological polar surface area (TPSA) is 67.2 Å². The van der Waals surface area contributed by atoms with Crippen LogP contribution in [-0.4, -0.2) is 23.5 Å². The number of anilines is 1. The lowest BCUT2D eigenvalue weighted by Gasteiger charge is -2.07. The SMILES string of the molecule is CC(C)NC(=O)CNc1nc2ccccc2o1. The summed E-state index contributed by atoms with van der Waals surface area (Å²) in [6, 6.07) is 7.96. The number of nitrogens with zero attached hydrogens (tertiary/aromatic N) is 1. The Kier molecular flexibility index (Phi) is 3.27. The predicted molar refractivity (Wildman–Crippen MR) is 65.8 cm³/mol. The minimum absolute atomic E-state index is 0.0812. The molecule has 90 valence electrons. The lowest BCUT2D eigenvalue weighted by molar-refractivity contribution is -0.119. The average Bonchev–Trinajstić information content (AvgIpc) is 2.68. The number of oxazole rings is 1. The fraction of sp³-hybridized carbons (Fsp3) is 0.333. The third kappa shape index (κ3) is 2.96. The van der Waals surface area contributed by atoms with Gasteiger partial charge in [-0.1, -0.05) is 12.1 Å².